The Hall–Kier alpha value is -1.55. The molecular formula is C15H16FNOS. The molecule has 4 heteroatoms. The molecule has 0 saturated heterocycles. The highest BCUT2D eigenvalue weighted by Gasteiger charge is 2.21. The molecule has 0 saturated carbocycles. The number of fused-ring (bicyclic) bond motifs is 1. The summed E-state index contributed by atoms with van der Waals surface area (Å²) in [4.78, 5) is 1.42. The number of ether oxygens (including phenoxy) is 1. The quantitative estimate of drug-likeness (QED) is 0.898. The fourth-order valence-corrected chi connectivity index (χ4v) is 3.55. The standard InChI is InChI=1S/C15H16FNOS/c1-18-10-5-6-12(16)14(9-10)17-13-3-2-4-15-11(13)7-8-19-15/h5-9,13,17H,2-4H2,1H3. The Labute approximate surface area is 116 Å². The smallest absolute Gasteiger partial charge is 0.146 e. The molecule has 1 unspecified atom stereocenters. The molecule has 2 aromatic rings. The molecule has 1 aromatic heterocycles. The number of anilines is 1. The number of aryl methyl sites for hydroxylation is 1. The van der Waals surface area contributed by atoms with Crippen molar-refractivity contribution in [2.45, 2.75) is 25.3 Å². The van der Waals surface area contributed by atoms with E-state index in [1.54, 1.807) is 30.6 Å². The topological polar surface area (TPSA) is 21.3 Å². The van der Waals surface area contributed by atoms with Crippen molar-refractivity contribution in [3.05, 3.63) is 45.9 Å². The Kier molecular flexibility index (Phi) is 3.42. The molecule has 1 aliphatic rings. The first kappa shape index (κ1) is 12.5. The Bertz CT molecular complexity index is 581. The van der Waals surface area contributed by atoms with Crippen LogP contribution in [0.25, 0.3) is 0 Å². The second-order valence-electron chi connectivity index (χ2n) is 4.73. The van der Waals surface area contributed by atoms with Gasteiger partial charge in [-0.3, -0.25) is 0 Å². The summed E-state index contributed by atoms with van der Waals surface area (Å²) in [7, 11) is 1.59. The molecule has 0 radical (unpaired) electrons. The lowest BCUT2D eigenvalue weighted by atomic mass is 9.94. The van der Waals surface area contributed by atoms with Crippen LogP contribution in [0.3, 0.4) is 0 Å². The van der Waals surface area contributed by atoms with Gasteiger partial charge in [0.15, 0.2) is 0 Å². The van der Waals surface area contributed by atoms with Crippen LogP contribution in [0.5, 0.6) is 5.75 Å². The van der Waals surface area contributed by atoms with Crippen molar-refractivity contribution in [3.8, 4) is 5.75 Å². The summed E-state index contributed by atoms with van der Waals surface area (Å²) in [5.41, 5.74) is 1.84. The molecule has 0 fully saturated rings. The molecule has 19 heavy (non-hydrogen) atoms. The monoisotopic (exact) mass is 277 g/mol. The second kappa shape index (κ2) is 5.21. The first-order valence-corrected chi connectivity index (χ1v) is 7.32. The molecule has 0 bridgehead atoms. The third-order valence-corrected chi connectivity index (χ3v) is 4.55. The maximum atomic E-state index is 13.8. The van der Waals surface area contributed by atoms with Crippen LogP contribution in [-0.2, 0) is 6.42 Å². The molecule has 0 amide bonds. The first-order valence-electron chi connectivity index (χ1n) is 6.44. The largest absolute Gasteiger partial charge is 0.497 e. The van der Waals surface area contributed by atoms with Crippen LogP contribution >= 0.6 is 11.3 Å². The van der Waals surface area contributed by atoms with Gasteiger partial charge in [0.05, 0.1) is 18.8 Å². The lowest BCUT2D eigenvalue weighted by Crippen LogP contribution is -2.16. The van der Waals surface area contributed by atoms with Crippen molar-refractivity contribution in [3.63, 3.8) is 0 Å². The fraction of sp³-hybridized carbons (Fsp3) is 0.333. The van der Waals surface area contributed by atoms with Crippen molar-refractivity contribution in [2.75, 3.05) is 12.4 Å². The highest BCUT2D eigenvalue weighted by Crippen LogP contribution is 2.36. The molecule has 1 N–H and O–H groups in total. The van der Waals surface area contributed by atoms with Gasteiger partial charge in [0.1, 0.15) is 11.6 Å². The van der Waals surface area contributed by atoms with E-state index in [0.717, 1.165) is 19.3 Å². The summed E-state index contributed by atoms with van der Waals surface area (Å²) in [6.07, 6.45) is 3.34. The third kappa shape index (κ3) is 2.45. The van der Waals surface area contributed by atoms with E-state index in [2.05, 4.69) is 16.8 Å². The van der Waals surface area contributed by atoms with E-state index >= 15 is 0 Å². The number of thiophene rings is 1. The summed E-state index contributed by atoms with van der Waals surface area (Å²) in [6.45, 7) is 0. The van der Waals surface area contributed by atoms with Gasteiger partial charge in [0, 0.05) is 10.9 Å². The molecule has 2 nitrogen and oxygen atoms in total. The van der Waals surface area contributed by atoms with Gasteiger partial charge >= 0.3 is 0 Å². The zero-order valence-corrected chi connectivity index (χ0v) is 11.6. The first-order chi connectivity index (χ1) is 9.28. The molecule has 1 aliphatic carbocycles. The van der Waals surface area contributed by atoms with Gasteiger partial charge in [-0.25, -0.2) is 4.39 Å². The molecule has 100 valence electrons. The van der Waals surface area contributed by atoms with Crippen LogP contribution in [0.4, 0.5) is 10.1 Å². The highest BCUT2D eigenvalue weighted by atomic mass is 32.1. The number of hydrogen-bond acceptors (Lipinski definition) is 3. The average molecular weight is 277 g/mol. The predicted molar refractivity (Wildman–Crippen MR) is 76.6 cm³/mol. The van der Waals surface area contributed by atoms with Crippen LogP contribution in [0, 0.1) is 5.82 Å². The average Bonchev–Trinajstić information content (AvgIpc) is 2.90. The maximum absolute atomic E-state index is 13.8. The van der Waals surface area contributed by atoms with Gasteiger partial charge < -0.3 is 10.1 Å². The summed E-state index contributed by atoms with van der Waals surface area (Å²) in [6, 6.07) is 7.15. The number of nitrogens with one attached hydrogen (secondary N) is 1. The van der Waals surface area contributed by atoms with Crippen molar-refractivity contribution >= 4 is 17.0 Å². The van der Waals surface area contributed by atoms with Crippen molar-refractivity contribution < 1.29 is 9.13 Å². The number of hydrogen-bond donors (Lipinski definition) is 1. The molecule has 1 heterocycles. The number of halogens is 1. The molecule has 1 atom stereocenters. The second-order valence-corrected chi connectivity index (χ2v) is 5.73. The Morgan fingerprint density at radius 1 is 1.37 bits per heavy atom. The minimum absolute atomic E-state index is 0.205. The summed E-state index contributed by atoms with van der Waals surface area (Å²) >= 11 is 1.79. The highest BCUT2D eigenvalue weighted by molar-refractivity contribution is 7.10. The van der Waals surface area contributed by atoms with Gasteiger partial charge in [0.25, 0.3) is 0 Å². The minimum Gasteiger partial charge on any atom is -0.497 e. The normalized spacial score (nSPS) is 17.9. The van der Waals surface area contributed by atoms with Crippen LogP contribution in [0.2, 0.25) is 0 Å². The fourth-order valence-electron chi connectivity index (χ4n) is 2.57. The van der Waals surface area contributed by atoms with Crippen LogP contribution in [0.1, 0.15) is 29.3 Å². The van der Waals surface area contributed by atoms with Crippen molar-refractivity contribution in [1.82, 2.24) is 0 Å². The van der Waals surface area contributed by atoms with Gasteiger partial charge in [0.2, 0.25) is 0 Å². The van der Waals surface area contributed by atoms with E-state index in [4.69, 9.17) is 4.74 Å². The number of rotatable bonds is 3. The van der Waals surface area contributed by atoms with Crippen LogP contribution in [0.15, 0.2) is 29.6 Å². The Balaban J connectivity index is 1.87. The Morgan fingerprint density at radius 3 is 3.11 bits per heavy atom. The molecule has 0 aliphatic heterocycles. The van der Waals surface area contributed by atoms with E-state index < -0.39 is 0 Å². The zero-order chi connectivity index (χ0) is 13.2. The molecule has 0 spiro atoms. The van der Waals surface area contributed by atoms with E-state index in [0.29, 0.717) is 11.4 Å². The lowest BCUT2D eigenvalue weighted by molar-refractivity contribution is 0.414. The van der Waals surface area contributed by atoms with Crippen molar-refractivity contribution in [1.29, 1.82) is 0 Å². The Morgan fingerprint density at radius 2 is 2.26 bits per heavy atom. The van der Waals surface area contributed by atoms with Crippen LogP contribution < -0.4 is 10.1 Å². The number of benzene rings is 1. The third-order valence-electron chi connectivity index (χ3n) is 3.56. The van der Waals surface area contributed by atoms with Gasteiger partial charge in [-0.1, -0.05) is 0 Å². The molecule has 3 rings (SSSR count). The summed E-state index contributed by atoms with van der Waals surface area (Å²) in [5, 5.41) is 5.44. The maximum Gasteiger partial charge on any atom is 0.146 e. The van der Waals surface area contributed by atoms with Gasteiger partial charge in [-0.05, 0) is 48.4 Å². The SMILES string of the molecule is COc1ccc(F)c(NC2CCCc3sccc32)c1. The van der Waals surface area contributed by atoms with E-state index in [-0.39, 0.29) is 11.9 Å². The van der Waals surface area contributed by atoms with Crippen molar-refractivity contribution in [2.24, 2.45) is 0 Å². The molecule has 1 aromatic carbocycles. The van der Waals surface area contributed by atoms with Gasteiger partial charge in [-0.2, -0.15) is 0 Å². The predicted octanol–water partition coefficient (Wildman–Crippen LogP) is 4.39. The van der Waals surface area contributed by atoms with E-state index in [9.17, 15) is 4.39 Å². The zero-order valence-electron chi connectivity index (χ0n) is 10.8. The molecular weight excluding hydrogens is 261 g/mol. The van der Waals surface area contributed by atoms with E-state index in [1.165, 1.54) is 16.5 Å². The van der Waals surface area contributed by atoms with Gasteiger partial charge in [-0.15, -0.1) is 11.3 Å². The van der Waals surface area contributed by atoms with Crippen LogP contribution in [-0.4, -0.2) is 7.11 Å². The summed E-state index contributed by atoms with van der Waals surface area (Å²) in [5.74, 6) is 0.438. The number of methoxy groups -OCH3 is 1. The summed E-state index contributed by atoms with van der Waals surface area (Å²) < 4.78 is 19.0. The minimum atomic E-state index is -0.233. The van der Waals surface area contributed by atoms with E-state index in [1.807, 2.05) is 0 Å². The lowest BCUT2D eigenvalue weighted by Gasteiger charge is -2.25.